The average Bonchev–Trinajstić information content (AvgIpc) is 3.44. The van der Waals surface area contributed by atoms with Gasteiger partial charge in [0.05, 0.1) is 0 Å². The first-order chi connectivity index (χ1) is 15.3. The van der Waals surface area contributed by atoms with E-state index in [0.29, 0.717) is 6.42 Å². The quantitative estimate of drug-likeness (QED) is 0.549. The normalized spacial score (nSPS) is 14.5. The van der Waals surface area contributed by atoms with Crippen LogP contribution in [-0.2, 0) is 9.59 Å². The van der Waals surface area contributed by atoms with Crippen molar-refractivity contribution in [2.24, 2.45) is 0 Å². The number of alkyl halides is 3. The summed E-state index contributed by atoms with van der Waals surface area (Å²) < 4.78 is 31.7. The van der Waals surface area contributed by atoms with Crippen molar-refractivity contribution in [1.29, 1.82) is 0 Å². The number of rotatable bonds is 5. The van der Waals surface area contributed by atoms with Crippen LogP contribution in [-0.4, -0.2) is 44.7 Å². The number of hydrogen-bond acceptors (Lipinski definition) is 5. The smallest absolute Gasteiger partial charge is 0.475 e. The molecule has 1 saturated heterocycles. The zero-order chi connectivity index (χ0) is 23.1. The van der Waals surface area contributed by atoms with Gasteiger partial charge in [-0.05, 0) is 30.7 Å². The van der Waals surface area contributed by atoms with E-state index in [2.05, 4.69) is 20.3 Å². The van der Waals surface area contributed by atoms with Crippen LogP contribution in [0.15, 0.2) is 61.2 Å². The van der Waals surface area contributed by atoms with Crippen LogP contribution < -0.4 is 10.2 Å². The molecule has 2 aromatic heterocycles. The number of H-pyrrole nitrogens is 1. The molecule has 1 amide bonds. The van der Waals surface area contributed by atoms with Crippen molar-refractivity contribution in [2.75, 3.05) is 16.8 Å². The van der Waals surface area contributed by atoms with Crippen LogP contribution in [0.3, 0.4) is 0 Å². The van der Waals surface area contributed by atoms with Crippen LogP contribution in [0.4, 0.5) is 24.5 Å². The van der Waals surface area contributed by atoms with E-state index in [1.807, 2.05) is 47.5 Å². The van der Waals surface area contributed by atoms with Crippen molar-refractivity contribution < 1.29 is 27.9 Å². The Hall–Kier alpha value is -3.89. The van der Waals surface area contributed by atoms with Gasteiger partial charge in [-0.1, -0.05) is 12.1 Å². The van der Waals surface area contributed by atoms with Gasteiger partial charge in [-0.3, -0.25) is 9.78 Å². The van der Waals surface area contributed by atoms with E-state index in [0.717, 1.165) is 35.7 Å². The molecule has 0 saturated carbocycles. The maximum absolute atomic E-state index is 12.0. The third kappa shape index (κ3) is 5.84. The van der Waals surface area contributed by atoms with Crippen LogP contribution in [0.5, 0.6) is 0 Å². The van der Waals surface area contributed by atoms with Crippen molar-refractivity contribution in [3.05, 3.63) is 72.6 Å². The van der Waals surface area contributed by atoms with Gasteiger partial charge < -0.3 is 20.3 Å². The highest BCUT2D eigenvalue weighted by molar-refractivity contribution is 5.95. The Balaban J connectivity index is 0.000000360. The van der Waals surface area contributed by atoms with Crippen LogP contribution in [0.1, 0.15) is 30.3 Å². The molecule has 1 unspecified atom stereocenters. The average molecular weight is 447 g/mol. The second-order valence-corrected chi connectivity index (χ2v) is 6.84. The molecule has 3 aromatic rings. The zero-order valence-corrected chi connectivity index (χ0v) is 16.7. The molecule has 168 valence electrons. The summed E-state index contributed by atoms with van der Waals surface area (Å²) in [5.41, 5.74) is 2.87. The van der Waals surface area contributed by atoms with Crippen molar-refractivity contribution >= 4 is 23.3 Å². The van der Waals surface area contributed by atoms with Crippen LogP contribution in [0.25, 0.3) is 0 Å². The molecule has 1 fully saturated rings. The van der Waals surface area contributed by atoms with E-state index in [9.17, 15) is 18.0 Å². The minimum Gasteiger partial charge on any atom is -0.475 e. The lowest BCUT2D eigenvalue weighted by Crippen LogP contribution is -2.23. The molecule has 4 rings (SSSR count). The number of hydrogen-bond donors (Lipinski definition) is 3. The van der Waals surface area contributed by atoms with Crippen LogP contribution >= 0.6 is 0 Å². The summed E-state index contributed by atoms with van der Waals surface area (Å²) in [6, 6.07) is 11.7. The molecule has 0 radical (unpaired) electrons. The van der Waals surface area contributed by atoms with E-state index < -0.39 is 12.1 Å². The SMILES string of the molecule is O=C(O)C(F)(F)F.O=C1CCCN1c1cccc(NC(c2cccnc2)c2ncc[nH]2)c1. The van der Waals surface area contributed by atoms with Crippen molar-refractivity contribution in [3.63, 3.8) is 0 Å². The van der Waals surface area contributed by atoms with Gasteiger partial charge in [0, 0.05) is 54.7 Å². The number of carbonyl (C=O) groups is 2. The summed E-state index contributed by atoms with van der Waals surface area (Å²) in [5.74, 6) is -1.75. The molecule has 32 heavy (non-hydrogen) atoms. The lowest BCUT2D eigenvalue weighted by Gasteiger charge is -2.21. The number of aromatic nitrogens is 3. The number of benzene rings is 1. The first-order valence-corrected chi connectivity index (χ1v) is 9.62. The molecule has 3 heterocycles. The zero-order valence-electron chi connectivity index (χ0n) is 16.7. The highest BCUT2D eigenvalue weighted by Crippen LogP contribution is 2.28. The first kappa shape index (κ1) is 22.8. The summed E-state index contributed by atoms with van der Waals surface area (Å²) in [5, 5.41) is 10.6. The minimum atomic E-state index is -5.08. The molecule has 8 nitrogen and oxygen atoms in total. The Morgan fingerprint density at radius 1 is 1.22 bits per heavy atom. The van der Waals surface area contributed by atoms with Gasteiger partial charge in [0.15, 0.2) is 0 Å². The maximum atomic E-state index is 12.0. The summed E-state index contributed by atoms with van der Waals surface area (Å²) >= 11 is 0. The molecule has 1 aliphatic rings. The third-order valence-electron chi connectivity index (χ3n) is 4.60. The van der Waals surface area contributed by atoms with E-state index >= 15 is 0 Å². The molecule has 0 spiro atoms. The predicted octanol–water partition coefficient (Wildman–Crippen LogP) is 3.77. The van der Waals surface area contributed by atoms with Crippen LogP contribution in [0, 0.1) is 0 Å². The van der Waals surface area contributed by atoms with Gasteiger partial charge in [0.1, 0.15) is 11.9 Å². The van der Waals surface area contributed by atoms with Gasteiger partial charge in [-0.25, -0.2) is 9.78 Å². The lowest BCUT2D eigenvalue weighted by molar-refractivity contribution is -0.192. The fraction of sp³-hybridized carbons (Fsp3) is 0.238. The summed E-state index contributed by atoms with van der Waals surface area (Å²) in [6.07, 6.45) is 3.58. The number of halogens is 3. The molecule has 1 aliphatic heterocycles. The Labute approximate surface area is 181 Å². The third-order valence-corrected chi connectivity index (χ3v) is 4.60. The highest BCUT2D eigenvalue weighted by Gasteiger charge is 2.38. The van der Waals surface area contributed by atoms with Crippen molar-refractivity contribution in [2.45, 2.75) is 25.1 Å². The van der Waals surface area contributed by atoms with E-state index in [-0.39, 0.29) is 11.9 Å². The minimum absolute atomic E-state index is 0.145. The van der Waals surface area contributed by atoms with Crippen molar-refractivity contribution in [3.8, 4) is 0 Å². The number of nitrogens with one attached hydrogen (secondary N) is 2. The van der Waals surface area contributed by atoms with Crippen LogP contribution in [0.2, 0.25) is 0 Å². The predicted molar refractivity (Wildman–Crippen MR) is 110 cm³/mol. The number of aromatic amines is 1. The van der Waals surface area contributed by atoms with Gasteiger partial charge in [-0.15, -0.1) is 0 Å². The Kier molecular flexibility index (Phi) is 7.08. The number of carboxylic acid groups (broad SMARTS) is 1. The largest absolute Gasteiger partial charge is 0.490 e. The Morgan fingerprint density at radius 2 is 2.00 bits per heavy atom. The number of carboxylic acids is 1. The Morgan fingerprint density at radius 3 is 2.56 bits per heavy atom. The number of anilines is 2. The lowest BCUT2D eigenvalue weighted by atomic mass is 10.1. The number of imidazole rings is 1. The number of amides is 1. The molecule has 1 atom stereocenters. The van der Waals surface area contributed by atoms with Gasteiger partial charge >= 0.3 is 12.1 Å². The topological polar surface area (TPSA) is 111 Å². The van der Waals surface area contributed by atoms with Gasteiger partial charge in [-0.2, -0.15) is 13.2 Å². The molecular weight excluding hydrogens is 427 g/mol. The monoisotopic (exact) mass is 447 g/mol. The molecule has 0 aliphatic carbocycles. The molecule has 11 heteroatoms. The standard InChI is InChI=1S/C19H19N5O.C2HF3O2/c25-17-7-3-11-24(17)16-6-1-5-15(12-16)23-18(19-21-9-10-22-19)14-4-2-8-20-13-14;3-2(4,5)1(6)7/h1-2,4-6,8-10,12-13,18,23H,3,7,11H2,(H,21,22);(H,6,7). The Bertz CT molecular complexity index is 1040. The van der Waals surface area contributed by atoms with Crippen molar-refractivity contribution in [1.82, 2.24) is 15.0 Å². The summed E-state index contributed by atoms with van der Waals surface area (Å²) in [4.78, 5) is 34.5. The van der Waals surface area contributed by atoms with E-state index in [1.54, 1.807) is 18.6 Å². The molecule has 1 aromatic carbocycles. The molecular formula is C21H20F3N5O3. The molecule has 0 bridgehead atoms. The summed E-state index contributed by atoms with van der Waals surface area (Å²) in [6.45, 7) is 0.784. The number of carbonyl (C=O) groups excluding carboxylic acids is 1. The number of pyridine rings is 1. The van der Waals surface area contributed by atoms with Gasteiger partial charge in [0.2, 0.25) is 5.91 Å². The number of aliphatic carboxylic acids is 1. The maximum Gasteiger partial charge on any atom is 0.490 e. The fourth-order valence-corrected chi connectivity index (χ4v) is 3.14. The summed E-state index contributed by atoms with van der Waals surface area (Å²) in [7, 11) is 0. The second kappa shape index (κ2) is 9.94. The van der Waals surface area contributed by atoms with Gasteiger partial charge in [0.25, 0.3) is 0 Å². The molecule has 3 N–H and O–H groups in total. The van der Waals surface area contributed by atoms with E-state index in [1.165, 1.54) is 0 Å². The number of nitrogens with zero attached hydrogens (tertiary/aromatic N) is 3. The second-order valence-electron chi connectivity index (χ2n) is 6.84. The fourth-order valence-electron chi connectivity index (χ4n) is 3.14. The highest BCUT2D eigenvalue weighted by atomic mass is 19.4. The van der Waals surface area contributed by atoms with E-state index in [4.69, 9.17) is 9.90 Å². The first-order valence-electron chi connectivity index (χ1n) is 9.62.